The lowest BCUT2D eigenvalue weighted by atomic mass is 10.2. The van der Waals surface area contributed by atoms with Gasteiger partial charge in [-0.3, -0.25) is 19.8 Å². The maximum atomic E-state index is 12.8. The summed E-state index contributed by atoms with van der Waals surface area (Å²) < 4.78 is 27.8. The molecule has 1 fully saturated rings. The van der Waals surface area contributed by atoms with E-state index in [9.17, 15) is 23.3 Å². The summed E-state index contributed by atoms with van der Waals surface area (Å²) in [5.74, 6) is -0.178. The lowest BCUT2D eigenvalue weighted by molar-refractivity contribution is -0.385. The van der Waals surface area contributed by atoms with Gasteiger partial charge in [0.25, 0.3) is 5.69 Å². The fourth-order valence-corrected chi connectivity index (χ4v) is 5.08. The zero-order valence-electron chi connectivity index (χ0n) is 16.2. The molecule has 0 aromatic heterocycles. The molecule has 2 aromatic carbocycles. The molecule has 9 nitrogen and oxygen atoms in total. The number of sulfonamides is 1. The summed E-state index contributed by atoms with van der Waals surface area (Å²) in [6.45, 7) is 2.92. The van der Waals surface area contributed by atoms with E-state index in [2.05, 4.69) is 21.2 Å². The van der Waals surface area contributed by atoms with Crippen molar-refractivity contribution >= 4 is 43.2 Å². The molecule has 1 heterocycles. The largest absolute Gasteiger partial charge is 0.325 e. The molecule has 1 aliphatic rings. The first-order chi connectivity index (χ1) is 14.2. The van der Waals surface area contributed by atoms with E-state index < -0.39 is 21.0 Å². The normalized spacial score (nSPS) is 16.7. The zero-order chi connectivity index (χ0) is 21.9. The molecule has 30 heavy (non-hydrogen) atoms. The minimum Gasteiger partial charge on any atom is -0.325 e. The highest BCUT2D eigenvalue weighted by Gasteiger charge is 2.32. The maximum Gasteiger partial charge on any atom is 0.270 e. The van der Waals surface area contributed by atoms with Crippen LogP contribution in [0.2, 0.25) is 0 Å². The van der Waals surface area contributed by atoms with Crippen molar-refractivity contribution in [3.63, 3.8) is 0 Å². The summed E-state index contributed by atoms with van der Waals surface area (Å²) in [5, 5.41) is 13.8. The number of nitro groups is 1. The van der Waals surface area contributed by atoms with Crippen molar-refractivity contribution in [1.29, 1.82) is 0 Å². The van der Waals surface area contributed by atoms with Gasteiger partial charge in [0.15, 0.2) is 0 Å². The molecule has 2 aromatic rings. The summed E-state index contributed by atoms with van der Waals surface area (Å²) in [7, 11) is -3.84. The monoisotopic (exact) mass is 496 g/mol. The number of nitrogens with one attached hydrogen (secondary N) is 1. The number of rotatable bonds is 6. The van der Waals surface area contributed by atoms with Gasteiger partial charge >= 0.3 is 0 Å². The molecule has 3 rings (SSSR count). The van der Waals surface area contributed by atoms with Crippen LogP contribution in [0.5, 0.6) is 0 Å². The minimum atomic E-state index is -3.84. The SMILES string of the molecule is CC(C(=O)Nc1cccc(Br)c1)N1CCN(S(=O)(=O)c2cccc([N+](=O)[O-])c2)CC1. The molecular formula is C19H21BrN4O5S. The van der Waals surface area contributed by atoms with Crippen LogP contribution in [0.15, 0.2) is 57.9 Å². The number of piperazine rings is 1. The maximum absolute atomic E-state index is 12.8. The Morgan fingerprint density at radius 1 is 1.13 bits per heavy atom. The molecule has 1 N–H and O–H groups in total. The van der Waals surface area contributed by atoms with E-state index in [1.165, 1.54) is 22.5 Å². The molecule has 11 heteroatoms. The van der Waals surface area contributed by atoms with Crippen molar-refractivity contribution in [3.05, 3.63) is 63.1 Å². The van der Waals surface area contributed by atoms with Crippen molar-refractivity contribution in [1.82, 2.24) is 9.21 Å². The van der Waals surface area contributed by atoms with Crippen LogP contribution in [0.25, 0.3) is 0 Å². The summed E-state index contributed by atoms with van der Waals surface area (Å²) in [6, 6.07) is 11.9. The smallest absolute Gasteiger partial charge is 0.270 e. The average Bonchev–Trinajstić information content (AvgIpc) is 2.73. The van der Waals surface area contributed by atoms with Gasteiger partial charge in [-0.25, -0.2) is 8.42 Å². The number of benzene rings is 2. The highest BCUT2D eigenvalue weighted by molar-refractivity contribution is 9.10. The van der Waals surface area contributed by atoms with E-state index in [1.54, 1.807) is 19.1 Å². The van der Waals surface area contributed by atoms with Crippen molar-refractivity contribution in [3.8, 4) is 0 Å². The molecule has 0 bridgehead atoms. The van der Waals surface area contributed by atoms with Gasteiger partial charge in [0.1, 0.15) is 0 Å². The summed E-state index contributed by atoms with van der Waals surface area (Å²) in [5.41, 5.74) is 0.403. The lowest BCUT2D eigenvalue weighted by Crippen LogP contribution is -2.53. The molecular weight excluding hydrogens is 476 g/mol. The molecule has 1 amide bonds. The third kappa shape index (κ3) is 5.04. The van der Waals surface area contributed by atoms with Crippen LogP contribution in [-0.2, 0) is 14.8 Å². The van der Waals surface area contributed by atoms with Crippen LogP contribution in [-0.4, -0.2) is 60.7 Å². The highest BCUT2D eigenvalue weighted by atomic mass is 79.9. The average molecular weight is 497 g/mol. The first-order valence-electron chi connectivity index (χ1n) is 9.23. The molecule has 0 aliphatic carbocycles. The van der Waals surface area contributed by atoms with Crippen LogP contribution < -0.4 is 5.32 Å². The van der Waals surface area contributed by atoms with E-state index in [4.69, 9.17) is 0 Å². The Morgan fingerprint density at radius 3 is 2.43 bits per heavy atom. The molecule has 160 valence electrons. The number of carbonyl (C=O) groups excluding carboxylic acids is 1. The first-order valence-corrected chi connectivity index (χ1v) is 11.5. The van der Waals surface area contributed by atoms with Gasteiger partial charge in [-0.15, -0.1) is 0 Å². The number of nitro benzene ring substituents is 1. The third-order valence-corrected chi connectivity index (χ3v) is 7.35. The molecule has 1 unspecified atom stereocenters. The van der Waals surface area contributed by atoms with Crippen molar-refractivity contribution < 1.29 is 18.1 Å². The van der Waals surface area contributed by atoms with Crippen LogP contribution in [0.3, 0.4) is 0 Å². The summed E-state index contributed by atoms with van der Waals surface area (Å²) >= 11 is 3.36. The predicted molar refractivity (Wildman–Crippen MR) is 116 cm³/mol. The number of hydrogen-bond donors (Lipinski definition) is 1. The minimum absolute atomic E-state index is 0.106. The summed E-state index contributed by atoms with van der Waals surface area (Å²) in [4.78, 5) is 24.7. The van der Waals surface area contributed by atoms with Gasteiger partial charge in [0.2, 0.25) is 15.9 Å². The number of nitrogens with zero attached hydrogens (tertiary/aromatic N) is 3. The number of amides is 1. The number of carbonyl (C=O) groups is 1. The van der Waals surface area contributed by atoms with Crippen LogP contribution in [0.4, 0.5) is 11.4 Å². The van der Waals surface area contributed by atoms with E-state index >= 15 is 0 Å². The zero-order valence-corrected chi connectivity index (χ0v) is 18.6. The second-order valence-corrected chi connectivity index (χ2v) is 9.72. The van der Waals surface area contributed by atoms with Crippen molar-refractivity contribution in [2.45, 2.75) is 17.9 Å². The number of halogens is 1. The Hall–Kier alpha value is -2.34. The molecule has 0 saturated carbocycles. The lowest BCUT2D eigenvalue weighted by Gasteiger charge is -2.36. The number of hydrogen-bond acceptors (Lipinski definition) is 6. The van der Waals surface area contributed by atoms with Gasteiger partial charge in [-0.2, -0.15) is 4.31 Å². The second kappa shape index (κ2) is 9.21. The van der Waals surface area contributed by atoms with E-state index in [0.29, 0.717) is 18.8 Å². The van der Waals surface area contributed by atoms with Gasteiger partial charge in [-0.1, -0.05) is 28.1 Å². The fourth-order valence-electron chi connectivity index (χ4n) is 3.22. The number of non-ortho nitro benzene ring substituents is 1. The third-order valence-electron chi connectivity index (χ3n) is 4.96. The van der Waals surface area contributed by atoms with Gasteiger partial charge in [-0.05, 0) is 31.2 Å². The Kier molecular flexibility index (Phi) is 6.86. The molecule has 1 saturated heterocycles. The van der Waals surface area contributed by atoms with Crippen molar-refractivity contribution in [2.75, 3.05) is 31.5 Å². The van der Waals surface area contributed by atoms with Gasteiger partial charge in [0, 0.05) is 48.5 Å². The fraction of sp³-hybridized carbons (Fsp3) is 0.316. The summed E-state index contributed by atoms with van der Waals surface area (Å²) in [6.07, 6.45) is 0. The van der Waals surface area contributed by atoms with E-state index in [0.717, 1.165) is 10.5 Å². The topological polar surface area (TPSA) is 113 Å². The first kappa shape index (κ1) is 22.3. The van der Waals surface area contributed by atoms with Crippen LogP contribution in [0.1, 0.15) is 6.92 Å². The predicted octanol–water partition coefficient (Wildman–Crippen LogP) is 2.69. The number of anilines is 1. The molecule has 1 aliphatic heterocycles. The highest BCUT2D eigenvalue weighted by Crippen LogP contribution is 2.23. The van der Waals surface area contributed by atoms with Crippen LogP contribution in [0, 0.1) is 10.1 Å². The van der Waals surface area contributed by atoms with Crippen LogP contribution >= 0.6 is 15.9 Å². The Balaban J connectivity index is 1.63. The Bertz CT molecular complexity index is 1050. The van der Waals surface area contributed by atoms with Gasteiger partial charge in [0.05, 0.1) is 15.9 Å². The quantitative estimate of drug-likeness (QED) is 0.485. The van der Waals surface area contributed by atoms with Crippen molar-refractivity contribution in [2.24, 2.45) is 0 Å². The second-order valence-electron chi connectivity index (χ2n) is 6.87. The molecule has 0 spiro atoms. The Morgan fingerprint density at radius 2 is 1.80 bits per heavy atom. The Labute approximate surface area is 183 Å². The standard InChI is InChI=1S/C19H21BrN4O5S/c1-14(19(25)21-16-5-2-4-15(20)12-16)22-8-10-23(11-9-22)30(28,29)18-7-3-6-17(13-18)24(26)27/h2-7,12-14H,8-11H2,1H3,(H,21,25). The van der Waals surface area contributed by atoms with Gasteiger partial charge < -0.3 is 5.32 Å². The molecule has 0 radical (unpaired) electrons. The van der Waals surface area contributed by atoms with E-state index in [1.807, 2.05) is 17.0 Å². The van der Waals surface area contributed by atoms with E-state index in [-0.39, 0.29) is 29.6 Å². The molecule has 1 atom stereocenters.